The van der Waals surface area contributed by atoms with E-state index >= 15 is 0 Å². The number of hydrogen-bond acceptors (Lipinski definition) is 5. The van der Waals surface area contributed by atoms with E-state index in [1.54, 1.807) is 6.08 Å². The zero-order chi connectivity index (χ0) is 59.9. The minimum absolute atomic E-state index is 0.0209. The highest BCUT2D eigenvalue weighted by atomic mass is 16.5. The predicted octanol–water partition coefficient (Wildman–Crippen LogP) is 24.9. The molecule has 6 heteroatoms. The van der Waals surface area contributed by atoms with Crippen LogP contribution in [0.25, 0.3) is 0 Å². The topological polar surface area (TPSA) is 95.9 Å². The highest BCUT2D eigenvalue weighted by Crippen LogP contribution is 2.20. The van der Waals surface area contributed by atoms with Crippen LogP contribution in [-0.4, -0.2) is 47.4 Å². The minimum Gasteiger partial charge on any atom is -0.466 e. The zero-order valence-electron chi connectivity index (χ0n) is 56.5. The first-order valence-electron chi connectivity index (χ1n) is 38.1. The Morgan fingerprint density at radius 1 is 0.325 bits per heavy atom. The number of rotatable bonds is 72. The molecule has 0 aliphatic carbocycles. The minimum atomic E-state index is -0.841. The number of carbonyl (C=O) groups excluding carboxylic acids is 2. The lowest BCUT2D eigenvalue weighted by Crippen LogP contribution is -2.45. The predicted molar refractivity (Wildman–Crippen MR) is 366 cm³/mol. The molecule has 0 heterocycles. The van der Waals surface area contributed by atoms with Gasteiger partial charge in [-0.15, -0.1) is 0 Å². The number of carbonyl (C=O) groups is 2. The number of unbranched alkanes of at least 4 members (excludes halogenated alkanes) is 59. The molecule has 1 amide bonds. The SMILES string of the molecule is CCCCCCCC/C=C\CCCCCCCCCCCC(=O)OCCCCCCCCCCCCCCCCCCCCCCCCCCCCCCCCCC(=O)NC(CO)C(O)/C=C/CCCCCCCCCCCCCCCC. The van der Waals surface area contributed by atoms with Gasteiger partial charge in [0.15, 0.2) is 0 Å². The van der Waals surface area contributed by atoms with Crippen molar-refractivity contribution in [1.82, 2.24) is 5.32 Å². The number of amides is 1. The van der Waals surface area contributed by atoms with E-state index in [1.807, 2.05) is 6.08 Å². The Balaban J connectivity index is 3.32. The molecule has 0 radical (unpaired) electrons. The van der Waals surface area contributed by atoms with Crippen LogP contribution in [0.1, 0.15) is 431 Å². The molecule has 0 saturated carbocycles. The summed E-state index contributed by atoms with van der Waals surface area (Å²) in [7, 11) is 0. The van der Waals surface area contributed by atoms with Crippen molar-refractivity contribution < 1.29 is 24.5 Å². The number of aliphatic hydroxyl groups is 2. The molecule has 2 atom stereocenters. The molecule has 0 aromatic rings. The molecular formula is C77H149NO5. The second-order valence-corrected chi connectivity index (χ2v) is 26.3. The van der Waals surface area contributed by atoms with E-state index in [0.717, 1.165) is 38.5 Å². The fourth-order valence-electron chi connectivity index (χ4n) is 12.2. The lowest BCUT2D eigenvalue weighted by Gasteiger charge is -2.20. The Bertz CT molecular complexity index is 1300. The molecule has 0 rings (SSSR count). The average Bonchev–Trinajstić information content (AvgIpc) is 3.49. The first kappa shape index (κ1) is 81.3. The van der Waals surface area contributed by atoms with E-state index in [4.69, 9.17) is 4.74 Å². The Morgan fingerprint density at radius 3 is 0.855 bits per heavy atom. The second kappa shape index (κ2) is 72.8. The van der Waals surface area contributed by atoms with Crippen LogP contribution < -0.4 is 5.32 Å². The summed E-state index contributed by atoms with van der Waals surface area (Å²) in [5.74, 6) is -0.0396. The molecule has 83 heavy (non-hydrogen) atoms. The third-order valence-corrected chi connectivity index (χ3v) is 18.0. The summed E-state index contributed by atoms with van der Waals surface area (Å²) >= 11 is 0. The van der Waals surface area contributed by atoms with Crippen molar-refractivity contribution in [2.45, 2.75) is 443 Å². The van der Waals surface area contributed by atoms with Crippen LogP contribution >= 0.6 is 0 Å². The maximum atomic E-state index is 12.5. The number of ether oxygens (including phenoxy) is 1. The van der Waals surface area contributed by atoms with Gasteiger partial charge in [0.2, 0.25) is 5.91 Å². The Kier molecular flexibility index (Phi) is 71.4. The molecule has 492 valence electrons. The monoisotopic (exact) mass is 1170 g/mol. The van der Waals surface area contributed by atoms with Crippen LogP contribution in [0.3, 0.4) is 0 Å². The summed E-state index contributed by atoms with van der Waals surface area (Å²) in [6.07, 6.45) is 92.9. The van der Waals surface area contributed by atoms with Crippen LogP contribution in [-0.2, 0) is 14.3 Å². The summed E-state index contributed by atoms with van der Waals surface area (Å²) in [6.45, 7) is 4.94. The van der Waals surface area contributed by atoms with Gasteiger partial charge in [0, 0.05) is 12.8 Å². The molecule has 0 saturated heterocycles. The number of allylic oxidation sites excluding steroid dienone is 3. The van der Waals surface area contributed by atoms with Crippen LogP contribution in [0.5, 0.6) is 0 Å². The van der Waals surface area contributed by atoms with Crippen molar-refractivity contribution in [3.05, 3.63) is 24.3 Å². The molecular weight excluding hydrogens is 1020 g/mol. The van der Waals surface area contributed by atoms with Crippen molar-refractivity contribution in [2.24, 2.45) is 0 Å². The maximum absolute atomic E-state index is 12.5. The number of esters is 1. The second-order valence-electron chi connectivity index (χ2n) is 26.3. The summed E-state index contributed by atoms with van der Waals surface area (Å²) in [5, 5.41) is 23.2. The van der Waals surface area contributed by atoms with Crippen LogP contribution in [0.4, 0.5) is 0 Å². The Morgan fingerprint density at radius 2 is 0.566 bits per heavy atom. The number of hydrogen-bond donors (Lipinski definition) is 3. The molecule has 0 fully saturated rings. The molecule has 0 spiro atoms. The van der Waals surface area contributed by atoms with Crippen molar-refractivity contribution in [3.63, 3.8) is 0 Å². The van der Waals surface area contributed by atoms with Gasteiger partial charge in [-0.2, -0.15) is 0 Å². The average molecular weight is 1170 g/mol. The summed E-state index contributed by atoms with van der Waals surface area (Å²) in [4.78, 5) is 24.6. The summed E-state index contributed by atoms with van der Waals surface area (Å²) in [6, 6.07) is -0.624. The first-order chi connectivity index (χ1) is 41.0. The fraction of sp³-hybridized carbons (Fsp3) is 0.922. The van der Waals surface area contributed by atoms with Gasteiger partial charge in [0.05, 0.1) is 25.4 Å². The molecule has 0 aromatic heterocycles. The van der Waals surface area contributed by atoms with Gasteiger partial charge in [-0.3, -0.25) is 9.59 Å². The smallest absolute Gasteiger partial charge is 0.305 e. The molecule has 0 aromatic carbocycles. The highest BCUT2D eigenvalue weighted by Gasteiger charge is 2.18. The van der Waals surface area contributed by atoms with E-state index in [-0.39, 0.29) is 18.5 Å². The molecule has 0 bridgehead atoms. The lowest BCUT2D eigenvalue weighted by atomic mass is 10.0. The maximum Gasteiger partial charge on any atom is 0.305 e. The van der Waals surface area contributed by atoms with Crippen LogP contribution in [0.15, 0.2) is 24.3 Å². The molecule has 6 nitrogen and oxygen atoms in total. The van der Waals surface area contributed by atoms with Crippen molar-refractivity contribution >= 4 is 11.9 Å². The normalized spacial score (nSPS) is 12.6. The van der Waals surface area contributed by atoms with Crippen molar-refractivity contribution in [2.75, 3.05) is 13.2 Å². The third-order valence-electron chi connectivity index (χ3n) is 18.0. The van der Waals surface area contributed by atoms with Gasteiger partial charge in [-0.25, -0.2) is 0 Å². The van der Waals surface area contributed by atoms with E-state index in [0.29, 0.717) is 19.4 Å². The lowest BCUT2D eigenvalue weighted by molar-refractivity contribution is -0.143. The largest absolute Gasteiger partial charge is 0.466 e. The van der Waals surface area contributed by atoms with Gasteiger partial charge in [-0.1, -0.05) is 385 Å². The first-order valence-corrected chi connectivity index (χ1v) is 38.1. The summed E-state index contributed by atoms with van der Waals surface area (Å²) < 4.78 is 5.52. The van der Waals surface area contributed by atoms with Gasteiger partial charge in [0.1, 0.15) is 0 Å². The molecule has 0 aliphatic rings. The molecule has 2 unspecified atom stereocenters. The summed E-state index contributed by atoms with van der Waals surface area (Å²) in [5.41, 5.74) is 0. The van der Waals surface area contributed by atoms with Crippen molar-refractivity contribution in [3.8, 4) is 0 Å². The van der Waals surface area contributed by atoms with E-state index in [2.05, 4.69) is 31.3 Å². The van der Waals surface area contributed by atoms with E-state index in [1.165, 1.54) is 366 Å². The zero-order valence-corrected chi connectivity index (χ0v) is 56.5. The van der Waals surface area contributed by atoms with Gasteiger partial charge < -0.3 is 20.3 Å². The molecule has 0 aliphatic heterocycles. The third kappa shape index (κ3) is 69.3. The van der Waals surface area contributed by atoms with Crippen LogP contribution in [0, 0.1) is 0 Å². The van der Waals surface area contributed by atoms with Gasteiger partial charge in [-0.05, 0) is 57.8 Å². The quantitative estimate of drug-likeness (QED) is 0.0320. The molecule has 3 N–H and O–H groups in total. The Hall–Kier alpha value is -1.66. The van der Waals surface area contributed by atoms with Crippen LogP contribution in [0.2, 0.25) is 0 Å². The Labute approximate surface area is 520 Å². The van der Waals surface area contributed by atoms with Gasteiger partial charge in [0.25, 0.3) is 0 Å². The van der Waals surface area contributed by atoms with Crippen molar-refractivity contribution in [1.29, 1.82) is 0 Å². The van der Waals surface area contributed by atoms with E-state index in [9.17, 15) is 19.8 Å². The van der Waals surface area contributed by atoms with Gasteiger partial charge >= 0.3 is 5.97 Å². The number of nitrogens with one attached hydrogen (secondary N) is 1. The van der Waals surface area contributed by atoms with E-state index < -0.39 is 12.1 Å². The standard InChI is InChI=1S/C77H149NO5/c1-3-5-7-9-11-13-15-17-19-21-35-39-43-47-51-55-59-63-67-71-77(82)83-72-68-64-60-56-52-48-44-40-37-34-32-30-28-26-24-22-23-25-27-29-31-33-36-38-42-46-50-54-58-62-66-70-76(81)78-74(73-79)75(80)69-65-61-57-53-49-45-41-20-18-16-14-12-10-8-6-4-2/h17,19,65,69,74-75,79-80H,3-16,18,20-64,66-68,70-73H2,1-2H3,(H,78,81)/b19-17-,69-65+. The highest BCUT2D eigenvalue weighted by molar-refractivity contribution is 5.76. The fourth-order valence-corrected chi connectivity index (χ4v) is 12.2. The number of aliphatic hydroxyl groups excluding tert-OH is 2.